The van der Waals surface area contributed by atoms with Gasteiger partial charge in [-0.1, -0.05) is 76.2 Å². The van der Waals surface area contributed by atoms with Crippen LogP contribution in [0.3, 0.4) is 0 Å². The summed E-state index contributed by atoms with van der Waals surface area (Å²) in [6.45, 7) is 2.70. The summed E-state index contributed by atoms with van der Waals surface area (Å²) in [5.41, 5.74) is 4.63. The second-order valence-corrected chi connectivity index (χ2v) is 8.52. The monoisotopic (exact) mass is 464 g/mol. The Hall–Kier alpha value is -2.57. The van der Waals surface area contributed by atoms with Crippen molar-refractivity contribution in [3.8, 4) is 5.69 Å². The fraction of sp³-hybridized carbons (Fsp3) is 0.130. The fourth-order valence-corrected chi connectivity index (χ4v) is 4.43. The number of hydrogen-bond donors (Lipinski definition) is 1. The number of halogens is 1. The molecule has 0 saturated carbocycles. The van der Waals surface area contributed by atoms with Gasteiger partial charge in [0.05, 0.1) is 6.54 Å². The third-order valence-corrected chi connectivity index (χ3v) is 6.05. The highest BCUT2D eigenvalue weighted by molar-refractivity contribution is 9.10. The number of nitrogens with one attached hydrogen (secondary N) is 1. The smallest absolute Gasteiger partial charge is 0.196 e. The highest BCUT2D eigenvalue weighted by Crippen LogP contribution is 2.27. The van der Waals surface area contributed by atoms with Crippen molar-refractivity contribution in [2.45, 2.75) is 24.4 Å². The number of hydrogen-bond acceptors (Lipinski definition) is 4. The van der Waals surface area contributed by atoms with Crippen LogP contribution in [0.1, 0.15) is 17.0 Å². The summed E-state index contributed by atoms with van der Waals surface area (Å²) in [5.74, 6) is 1.71. The van der Waals surface area contributed by atoms with Gasteiger partial charge in [-0.2, -0.15) is 0 Å². The molecule has 0 fully saturated rings. The molecule has 0 amide bonds. The van der Waals surface area contributed by atoms with Crippen LogP contribution in [0.25, 0.3) is 5.69 Å². The molecule has 0 saturated heterocycles. The van der Waals surface area contributed by atoms with Crippen LogP contribution in [-0.2, 0) is 12.3 Å². The van der Waals surface area contributed by atoms with Gasteiger partial charge in [0.2, 0.25) is 0 Å². The largest absolute Gasteiger partial charge is 0.378 e. The molecule has 0 spiro atoms. The second-order valence-electron chi connectivity index (χ2n) is 6.66. The lowest BCUT2D eigenvalue weighted by Crippen LogP contribution is -2.09. The number of para-hydroxylation sites is 2. The van der Waals surface area contributed by atoms with Crippen molar-refractivity contribution >= 4 is 33.4 Å². The van der Waals surface area contributed by atoms with Gasteiger partial charge in [-0.05, 0) is 48.4 Å². The zero-order chi connectivity index (χ0) is 20.1. The molecular weight excluding hydrogens is 444 g/mol. The van der Waals surface area contributed by atoms with Crippen LogP contribution in [0.4, 0.5) is 5.69 Å². The molecule has 0 aliphatic rings. The minimum atomic E-state index is 0.601. The molecule has 0 aliphatic carbocycles. The van der Waals surface area contributed by atoms with Gasteiger partial charge >= 0.3 is 0 Å². The summed E-state index contributed by atoms with van der Waals surface area (Å²) in [4.78, 5) is 0. The maximum absolute atomic E-state index is 4.49. The van der Waals surface area contributed by atoms with Crippen molar-refractivity contribution in [2.75, 3.05) is 5.32 Å². The van der Waals surface area contributed by atoms with Gasteiger partial charge in [0.15, 0.2) is 11.0 Å². The molecule has 29 heavy (non-hydrogen) atoms. The molecule has 4 nitrogen and oxygen atoms in total. The van der Waals surface area contributed by atoms with Crippen LogP contribution in [0.2, 0.25) is 0 Å². The number of rotatable bonds is 7. The molecule has 1 N–H and O–H groups in total. The molecule has 0 radical (unpaired) electrons. The topological polar surface area (TPSA) is 42.7 Å². The first-order valence-corrected chi connectivity index (χ1v) is 11.1. The summed E-state index contributed by atoms with van der Waals surface area (Å²) >= 11 is 5.23. The SMILES string of the molecule is Cc1ccccc1NCc1nnc(SCc2cccc(Br)c2)n1-c1ccccc1. The Bertz CT molecular complexity index is 1100. The summed E-state index contributed by atoms with van der Waals surface area (Å²) in [5, 5.41) is 13.4. The van der Waals surface area contributed by atoms with Gasteiger partial charge in [-0.25, -0.2) is 0 Å². The standard InChI is InChI=1S/C23H21BrN4S/c1-17-8-5-6-13-21(17)25-15-22-26-27-23(28(22)20-11-3-2-4-12-20)29-16-18-9-7-10-19(24)14-18/h2-14,25H,15-16H2,1H3. The van der Waals surface area contributed by atoms with E-state index >= 15 is 0 Å². The van der Waals surface area contributed by atoms with E-state index in [0.717, 1.165) is 32.6 Å². The van der Waals surface area contributed by atoms with Gasteiger partial charge in [-0.15, -0.1) is 10.2 Å². The predicted molar refractivity (Wildman–Crippen MR) is 124 cm³/mol. The van der Waals surface area contributed by atoms with E-state index in [4.69, 9.17) is 0 Å². The maximum atomic E-state index is 4.49. The van der Waals surface area contributed by atoms with Crippen molar-refractivity contribution in [1.29, 1.82) is 0 Å². The average molecular weight is 465 g/mol. The van der Waals surface area contributed by atoms with Gasteiger partial charge in [0.25, 0.3) is 0 Å². The fourth-order valence-electron chi connectivity index (χ4n) is 3.06. The number of thioether (sulfide) groups is 1. The zero-order valence-corrected chi connectivity index (χ0v) is 18.5. The summed E-state index contributed by atoms with van der Waals surface area (Å²) in [7, 11) is 0. The molecule has 4 rings (SSSR count). The van der Waals surface area contributed by atoms with E-state index in [2.05, 4.69) is 85.4 Å². The number of nitrogens with zero attached hydrogens (tertiary/aromatic N) is 3. The van der Waals surface area contributed by atoms with Crippen molar-refractivity contribution in [3.63, 3.8) is 0 Å². The molecule has 3 aromatic carbocycles. The van der Waals surface area contributed by atoms with Crippen molar-refractivity contribution in [2.24, 2.45) is 0 Å². The Kier molecular flexibility index (Phi) is 6.32. The van der Waals surface area contributed by atoms with Gasteiger partial charge in [-0.3, -0.25) is 4.57 Å². The molecule has 0 atom stereocenters. The minimum absolute atomic E-state index is 0.601. The van der Waals surface area contributed by atoms with E-state index < -0.39 is 0 Å². The molecular formula is C23H21BrN4S. The highest BCUT2D eigenvalue weighted by Gasteiger charge is 2.15. The summed E-state index contributed by atoms with van der Waals surface area (Å²) < 4.78 is 3.22. The average Bonchev–Trinajstić information content (AvgIpc) is 3.15. The highest BCUT2D eigenvalue weighted by atomic mass is 79.9. The Morgan fingerprint density at radius 3 is 2.52 bits per heavy atom. The third-order valence-electron chi connectivity index (χ3n) is 4.55. The normalized spacial score (nSPS) is 10.8. The lowest BCUT2D eigenvalue weighted by molar-refractivity contribution is 0.840. The number of benzene rings is 3. The minimum Gasteiger partial charge on any atom is -0.378 e. The van der Waals surface area contributed by atoms with Crippen LogP contribution in [0, 0.1) is 6.92 Å². The van der Waals surface area contributed by atoms with Crippen LogP contribution < -0.4 is 5.32 Å². The first kappa shape index (κ1) is 19.7. The summed E-state index contributed by atoms with van der Waals surface area (Å²) in [6.07, 6.45) is 0. The lowest BCUT2D eigenvalue weighted by Gasteiger charge is -2.12. The van der Waals surface area contributed by atoms with Crippen molar-refractivity contribution in [1.82, 2.24) is 14.8 Å². The van der Waals surface area contributed by atoms with Crippen molar-refractivity contribution < 1.29 is 0 Å². The second kappa shape index (κ2) is 9.29. The maximum Gasteiger partial charge on any atom is 0.196 e. The van der Waals surface area contributed by atoms with E-state index in [1.165, 1.54) is 11.1 Å². The Labute approximate surface area is 183 Å². The van der Waals surface area contributed by atoms with Crippen LogP contribution in [0.15, 0.2) is 88.5 Å². The molecule has 146 valence electrons. The van der Waals surface area contributed by atoms with E-state index in [-0.39, 0.29) is 0 Å². The van der Waals surface area contributed by atoms with E-state index in [1.54, 1.807) is 11.8 Å². The number of anilines is 1. The first-order chi connectivity index (χ1) is 14.2. The predicted octanol–water partition coefficient (Wildman–Crippen LogP) is 6.24. The quantitative estimate of drug-likeness (QED) is 0.328. The number of aryl methyl sites for hydroxylation is 1. The molecule has 1 aromatic heterocycles. The van der Waals surface area contributed by atoms with Crippen LogP contribution >= 0.6 is 27.7 Å². The molecule has 0 bridgehead atoms. The van der Waals surface area contributed by atoms with Gasteiger partial charge < -0.3 is 5.32 Å². The Morgan fingerprint density at radius 2 is 1.72 bits per heavy atom. The molecule has 4 aromatic rings. The van der Waals surface area contributed by atoms with Crippen molar-refractivity contribution in [3.05, 3.63) is 100 Å². The van der Waals surface area contributed by atoms with Crippen LogP contribution in [0.5, 0.6) is 0 Å². The van der Waals surface area contributed by atoms with Gasteiger partial charge in [0.1, 0.15) is 0 Å². The molecule has 0 aliphatic heterocycles. The van der Waals surface area contributed by atoms with Crippen LogP contribution in [-0.4, -0.2) is 14.8 Å². The lowest BCUT2D eigenvalue weighted by atomic mass is 10.2. The van der Waals surface area contributed by atoms with E-state index in [0.29, 0.717) is 6.54 Å². The Balaban J connectivity index is 1.59. The number of aromatic nitrogens is 3. The van der Waals surface area contributed by atoms with Gasteiger partial charge in [0, 0.05) is 21.6 Å². The molecule has 0 unspecified atom stereocenters. The molecule has 1 heterocycles. The van der Waals surface area contributed by atoms with E-state index in [9.17, 15) is 0 Å². The molecule has 6 heteroatoms. The zero-order valence-electron chi connectivity index (χ0n) is 16.0. The first-order valence-electron chi connectivity index (χ1n) is 9.37. The summed E-state index contributed by atoms with van der Waals surface area (Å²) in [6, 6.07) is 26.9. The van der Waals surface area contributed by atoms with E-state index in [1.807, 2.05) is 36.4 Å². The third kappa shape index (κ3) is 4.89. The Morgan fingerprint density at radius 1 is 0.931 bits per heavy atom.